The zero-order valence-corrected chi connectivity index (χ0v) is 16.3. The molecule has 1 saturated carbocycles. The van der Waals surface area contributed by atoms with Gasteiger partial charge < -0.3 is 20.9 Å². The molecule has 0 unspecified atom stereocenters. The summed E-state index contributed by atoms with van der Waals surface area (Å²) in [4.78, 5) is 29.3. The highest BCUT2D eigenvalue weighted by atomic mass is 16.2. The number of carbonyl (C=O) groups is 2. The summed E-state index contributed by atoms with van der Waals surface area (Å²) in [6, 6.07) is 7.65. The number of hydrogen-bond acceptors (Lipinski definition) is 4. The quantitative estimate of drug-likeness (QED) is 0.797. The smallest absolute Gasteiger partial charge is 0.227 e. The normalized spacial score (nSPS) is 23.4. The second-order valence-corrected chi connectivity index (χ2v) is 7.71. The second kappa shape index (κ2) is 9.33. The minimum Gasteiger partial charge on any atom is -0.340 e. The topological polar surface area (TPSA) is 78.7 Å². The van der Waals surface area contributed by atoms with Gasteiger partial charge in [-0.05, 0) is 49.5 Å². The van der Waals surface area contributed by atoms with Crippen LogP contribution in [0.2, 0.25) is 0 Å². The highest BCUT2D eigenvalue weighted by molar-refractivity contribution is 5.93. The first-order valence-electron chi connectivity index (χ1n) is 10.2. The van der Waals surface area contributed by atoms with Gasteiger partial charge in [0.2, 0.25) is 11.8 Å². The molecule has 1 aromatic carbocycles. The fourth-order valence-electron chi connectivity index (χ4n) is 4.20. The average molecular weight is 373 g/mol. The van der Waals surface area contributed by atoms with E-state index in [9.17, 15) is 9.59 Å². The van der Waals surface area contributed by atoms with Crippen molar-refractivity contribution in [2.75, 3.05) is 44.6 Å². The van der Waals surface area contributed by atoms with E-state index in [1.165, 1.54) is 0 Å². The van der Waals surface area contributed by atoms with Crippen molar-refractivity contribution in [3.63, 3.8) is 0 Å². The van der Waals surface area contributed by atoms with Crippen LogP contribution in [-0.2, 0) is 16.0 Å². The van der Waals surface area contributed by atoms with Crippen LogP contribution in [0.15, 0.2) is 24.3 Å². The molecule has 6 nitrogen and oxygen atoms in total. The van der Waals surface area contributed by atoms with Crippen LogP contribution in [0.4, 0.5) is 5.69 Å². The van der Waals surface area contributed by atoms with Crippen LogP contribution in [0.5, 0.6) is 0 Å². The van der Waals surface area contributed by atoms with Crippen molar-refractivity contribution in [2.45, 2.75) is 32.6 Å². The van der Waals surface area contributed by atoms with Crippen molar-refractivity contribution < 1.29 is 9.59 Å². The van der Waals surface area contributed by atoms with Crippen LogP contribution in [0.3, 0.4) is 0 Å². The first-order chi connectivity index (χ1) is 13.1. The van der Waals surface area contributed by atoms with Gasteiger partial charge in [0.15, 0.2) is 0 Å². The lowest BCUT2D eigenvalue weighted by Gasteiger charge is -2.34. The zero-order valence-electron chi connectivity index (χ0n) is 16.3. The average Bonchev–Trinajstić information content (AvgIpc) is 3.18. The molecule has 27 heavy (non-hydrogen) atoms. The Balaban J connectivity index is 1.50. The molecule has 2 amide bonds. The van der Waals surface area contributed by atoms with Gasteiger partial charge in [-0.1, -0.05) is 25.5 Å². The maximum absolute atomic E-state index is 12.5. The van der Waals surface area contributed by atoms with Crippen LogP contribution >= 0.6 is 0 Å². The van der Waals surface area contributed by atoms with Crippen LogP contribution < -0.4 is 11.1 Å². The van der Waals surface area contributed by atoms with Crippen LogP contribution in [-0.4, -0.2) is 60.9 Å². The van der Waals surface area contributed by atoms with E-state index in [0.29, 0.717) is 18.9 Å². The summed E-state index contributed by atoms with van der Waals surface area (Å²) in [5.41, 5.74) is 7.55. The molecular weight excluding hydrogens is 340 g/mol. The van der Waals surface area contributed by atoms with Crippen molar-refractivity contribution in [3.8, 4) is 0 Å². The molecule has 0 aromatic heterocycles. The summed E-state index contributed by atoms with van der Waals surface area (Å²) >= 11 is 0. The molecule has 6 heteroatoms. The molecule has 2 fully saturated rings. The predicted octanol–water partition coefficient (Wildman–Crippen LogP) is 1.71. The SMILES string of the molecule is CCN1CCN(C(=O)Cc2ccc(NC(=O)[C@@H]3CCC[C@@H]3CN)cc2)CC1. The number of amides is 2. The minimum absolute atomic E-state index is 0.0260. The van der Waals surface area contributed by atoms with Crippen molar-refractivity contribution in [2.24, 2.45) is 17.6 Å². The molecule has 0 radical (unpaired) electrons. The molecule has 1 aromatic rings. The maximum Gasteiger partial charge on any atom is 0.227 e. The number of nitrogens with zero attached hydrogens (tertiary/aromatic N) is 2. The summed E-state index contributed by atoms with van der Waals surface area (Å²) in [6.07, 6.45) is 3.46. The van der Waals surface area contributed by atoms with Crippen molar-refractivity contribution in [1.29, 1.82) is 0 Å². The van der Waals surface area contributed by atoms with Gasteiger partial charge in [0.05, 0.1) is 6.42 Å². The summed E-state index contributed by atoms with van der Waals surface area (Å²) in [5, 5.41) is 3.01. The first-order valence-corrected chi connectivity index (χ1v) is 10.2. The van der Waals surface area contributed by atoms with E-state index < -0.39 is 0 Å². The van der Waals surface area contributed by atoms with Crippen LogP contribution in [0.25, 0.3) is 0 Å². The van der Waals surface area contributed by atoms with Gasteiger partial charge in [0.25, 0.3) is 0 Å². The van der Waals surface area contributed by atoms with Gasteiger partial charge in [-0.25, -0.2) is 0 Å². The molecule has 2 atom stereocenters. The Morgan fingerprint density at radius 2 is 1.81 bits per heavy atom. The van der Waals surface area contributed by atoms with E-state index in [1.807, 2.05) is 29.2 Å². The van der Waals surface area contributed by atoms with E-state index in [1.54, 1.807) is 0 Å². The molecule has 0 spiro atoms. The number of anilines is 1. The highest BCUT2D eigenvalue weighted by Gasteiger charge is 2.31. The molecule has 148 valence electrons. The highest BCUT2D eigenvalue weighted by Crippen LogP contribution is 2.31. The fourth-order valence-corrected chi connectivity index (χ4v) is 4.20. The van der Waals surface area contributed by atoms with Gasteiger partial charge >= 0.3 is 0 Å². The van der Waals surface area contributed by atoms with Crippen LogP contribution in [0.1, 0.15) is 31.7 Å². The third kappa shape index (κ3) is 5.08. The largest absolute Gasteiger partial charge is 0.340 e. The Labute approximate surface area is 162 Å². The summed E-state index contributed by atoms with van der Waals surface area (Å²) in [6.45, 7) is 7.31. The fraction of sp³-hybridized carbons (Fsp3) is 0.619. The van der Waals surface area contributed by atoms with E-state index in [4.69, 9.17) is 5.73 Å². The number of rotatable bonds is 6. The molecule has 1 aliphatic carbocycles. The van der Waals surface area contributed by atoms with Crippen molar-refractivity contribution >= 4 is 17.5 Å². The molecule has 1 aliphatic heterocycles. The maximum atomic E-state index is 12.5. The third-order valence-corrected chi connectivity index (χ3v) is 6.05. The monoisotopic (exact) mass is 372 g/mol. The number of hydrogen-bond donors (Lipinski definition) is 2. The standard InChI is InChI=1S/C21H32N4O2/c1-2-24-10-12-25(13-11-24)20(26)14-16-6-8-18(9-7-16)23-21(27)19-5-3-4-17(19)15-22/h6-9,17,19H,2-5,10-15,22H2,1H3,(H,23,27)/t17-,19-/m1/s1. The molecule has 0 bridgehead atoms. The molecule has 1 saturated heterocycles. The lowest BCUT2D eigenvalue weighted by Crippen LogP contribution is -2.48. The Bertz CT molecular complexity index is 638. The van der Waals surface area contributed by atoms with Gasteiger partial charge in [-0.15, -0.1) is 0 Å². The molecular formula is C21H32N4O2. The Kier molecular flexibility index (Phi) is 6.85. The van der Waals surface area contributed by atoms with Gasteiger partial charge in [0.1, 0.15) is 0 Å². The van der Waals surface area contributed by atoms with E-state index in [-0.39, 0.29) is 17.7 Å². The van der Waals surface area contributed by atoms with Gasteiger partial charge in [0, 0.05) is 37.8 Å². The number of piperazine rings is 1. The van der Waals surface area contributed by atoms with Crippen molar-refractivity contribution in [1.82, 2.24) is 9.80 Å². The van der Waals surface area contributed by atoms with E-state index in [0.717, 1.165) is 63.2 Å². The number of likely N-dealkylation sites (N-methyl/N-ethyl adjacent to an activating group) is 1. The summed E-state index contributed by atoms with van der Waals surface area (Å²) in [7, 11) is 0. The molecule has 1 heterocycles. The number of nitrogens with one attached hydrogen (secondary N) is 1. The van der Waals surface area contributed by atoms with Gasteiger partial charge in [-0.3, -0.25) is 9.59 Å². The third-order valence-electron chi connectivity index (χ3n) is 6.05. The first kappa shape index (κ1) is 19.8. The lowest BCUT2D eigenvalue weighted by atomic mass is 9.95. The van der Waals surface area contributed by atoms with Gasteiger partial charge in [-0.2, -0.15) is 0 Å². The Hall–Kier alpha value is -1.92. The van der Waals surface area contributed by atoms with E-state index in [2.05, 4.69) is 17.1 Å². The molecule has 3 rings (SSSR count). The summed E-state index contributed by atoms with van der Waals surface area (Å²) in [5.74, 6) is 0.577. The Morgan fingerprint density at radius 3 is 2.44 bits per heavy atom. The molecule has 2 aliphatic rings. The Morgan fingerprint density at radius 1 is 1.11 bits per heavy atom. The van der Waals surface area contributed by atoms with Crippen molar-refractivity contribution in [3.05, 3.63) is 29.8 Å². The molecule has 3 N–H and O–H groups in total. The number of nitrogens with two attached hydrogens (primary N) is 1. The summed E-state index contributed by atoms with van der Waals surface area (Å²) < 4.78 is 0. The number of benzene rings is 1. The van der Waals surface area contributed by atoms with Crippen LogP contribution in [0, 0.1) is 11.8 Å². The predicted molar refractivity (Wildman–Crippen MR) is 107 cm³/mol. The lowest BCUT2D eigenvalue weighted by molar-refractivity contribution is -0.132. The zero-order chi connectivity index (χ0) is 19.2. The van der Waals surface area contributed by atoms with E-state index >= 15 is 0 Å². The second-order valence-electron chi connectivity index (χ2n) is 7.71. The number of carbonyl (C=O) groups excluding carboxylic acids is 2. The minimum atomic E-state index is 0.0260.